The van der Waals surface area contributed by atoms with Crippen molar-refractivity contribution in [2.24, 2.45) is 0 Å². The summed E-state index contributed by atoms with van der Waals surface area (Å²) in [7, 11) is 0. The summed E-state index contributed by atoms with van der Waals surface area (Å²) in [5.41, 5.74) is -0.437. The minimum Gasteiger partial charge on any atom is -0.507 e. The van der Waals surface area contributed by atoms with Crippen LogP contribution in [-0.2, 0) is 12.8 Å². The largest absolute Gasteiger partial charge is 0.507 e. The van der Waals surface area contributed by atoms with E-state index in [0.717, 1.165) is 0 Å². The third-order valence-corrected chi connectivity index (χ3v) is 4.56. The van der Waals surface area contributed by atoms with Crippen molar-refractivity contribution in [2.45, 2.75) is 12.8 Å². The Hall–Kier alpha value is -3.81. The van der Waals surface area contributed by atoms with Gasteiger partial charge >= 0.3 is 6.18 Å². The molecule has 1 N–H and O–H groups in total. The molecule has 0 amide bonds. The first-order chi connectivity index (χ1) is 14.8. The molecule has 0 atom stereocenters. The van der Waals surface area contributed by atoms with Gasteiger partial charge in [0.1, 0.15) is 23.9 Å². The highest BCUT2D eigenvalue weighted by atomic mass is 19.4. The number of rotatable bonds is 5. The normalized spacial score (nSPS) is 11.5. The second-order valence-corrected chi connectivity index (χ2v) is 6.69. The topological polar surface area (TPSA) is 55.5 Å². The number of benzene rings is 3. The van der Waals surface area contributed by atoms with Crippen LogP contribution in [0.2, 0.25) is 0 Å². The zero-order chi connectivity index (χ0) is 22.0. The van der Waals surface area contributed by atoms with Crippen molar-refractivity contribution in [3.05, 3.63) is 89.9 Å². The molecule has 1 heterocycles. The van der Waals surface area contributed by atoms with Crippen LogP contribution < -0.4 is 4.74 Å². The third-order valence-electron chi connectivity index (χ3n) is 4.56. The van der Waals surface area contributed by atoms with Gasteiger partial charge in [0.15, 0.2) is 11.5 Å². The summed E-state index contributed by atoms with van der Waals surface area (Å²) in [6, 6.07) is 17.7. The molecule has 4 aromatic rings. The molecule has 3 aromatic carbocycles. The molecule has 0 aliphatic heterocycles. The fourth-order valence-electron chi connectivity index (χ4n) is 3.08. The molecule has 0 bridgehead atoms. The lowest BCUT2D eigenvalue weighted by Gasteiger charge is -2.10. The lowest BCUT2D eigenvalue weighted by molar-refractivity contribution is -0.142. The maximum Gasteiger partial charge on any atom is 0.437 e. The molecule has 158 valence electrons. The summed E-state index contributed by atoms with van der Waals surface area (Å²) >= 11 is 0. The molecular formula is C23H15F4NO3. The Bertz CT molecular complexity index is 1190. The standard InChI is InChI=1S/C23H15F4NO3/c24-16-8-6-14(7-9-16)13-30-17-10-11-18(19(29)12-17)21-20(15-4-2-1-3-5-15)22(28-31-21)23(25,26)27/h1-12,29H,13H2. The van der Waals surface area contributed by atoms with Crippen LogP contribution in [0.25, 0.3) is 22.5 Å². The van der Waals surface area contributed by atoms with E-state index in [9.17, 15) is 22.7 Å². The quantitative estimate of drug-likeness (QED) is 0.371. The van der Waals surface area contributed by atoms with E-state index < -0.39 is 11.9 Å². The van der Waals surface area contributed by atoms with Crippen LogP contribution in [0, 0.1) is 5.82 Å². The van der Waals surface area contributed by atoms with Crippen molar-refractivity contribution in [1.82, 2.24) is 5.16 Å². The van der Waals surface area contributed by atoms with Gasteiger partial charge in [0.25, 0.3) is 0 Å². The van der Waals surface area contributed by atoms with Gasteiger partial charge in [-0.15, -0.1) is 0 Å². The Morgan fingerprint density at radius 3 is 2.29 bits per heavy atom. The summed E-state index contributed by atoms with van der Waals surface area (Å²) < 4.78 is 64.0. The highest BCUT2D eigenvalue weighted by Crippen LogP contribution is 2.45. The SMILES string of the molecule is Oc1cc(OCc2ccc(F)cc2)ccc1-c1onc(C(F)(F)F)c1-c1ccccc1. The number of alkyl halides is 3. The number of aromatic nitrogens is 1. The molecule has 31 heavy (non-hydrogen) atoms. The summed E-state index contributed by atoms with van der Waals surface area (Å²) in [5.74, 6) is -0.632. The van der Waals surface area contributed by atoms with E-state index in [0.29, 0.717) is 5.56 Å². The van der Waals surface area contributed by atoms with E-state index in [1.54, 1.807) is 30.3 Å². The smallest absolute Gasteiger partial charge is 0.437 e. The number of ether oxygens (including phenoxy) is 1. The first-order valence-corrected chi connectivity index (χ1v) is 9.16. The highest BCUT2D eigenvalue weighted by molar-refractivity contribution is 5.84. The minimum absolute atomic E-state index is 0.0379. The van der Waals surface area contributed by atoms with E-state index in [4.69, 9.17) is 9.26 Å². The van der Waals surface area contributed by atoms with Crippen molar-refractivity contribution in [1.29, 1.82) is 0 Å². The molecule has 0 radical (unpaired) electrons. The molecule has 0 aliphatic rings. The lowest BCUT2D eigenvalue weighted by Crippen LogP contribution is -2.07. The van der Waals surface area contributed by atoms with Crippen molar-refractivity contribution in [3.8, 4) is 33.9 Å². The zero-order valence-electron chi connectivity index (χ0n) is 15.9. The van der Waals surface area contributed by atoms with Crippen molar-refractivity contribution in [3.63, 3.8) is 0 Å². The predicted octanol–water partition coefficient (Wildman–Crippen LogP) is 6.45. The molecule has 0 aliphatic carbocycles. The first kappa shape index (κ1) is 20.5. The third kappa shape index (κ3) is 4.37. The van der Waals surface area contributed by atoms with Gasteiger partial charge in [0.05, 0.1) is 11.1 Å². The van der Waals surface area contributed by atoms with Gasteiger partial charge in [0.2, 0.25) is 0 Å². The van der Waals surface area contributed by atoms with Crippen molar-refractivity contribution < 1.29 is 31.9 Å². The Kier molecular flexibility index (Phi) is 5.37. The Balaban J connectivity index is 1.67. The lowest BCUT2D eigenvalue weighted by atomic mass is 9.98. The average Bonchev–Trinajstić information content (AvgIpc) is 3.19. The molecule has 8 heteroatoms. The van der Waals surface area contributed by atoms with Crippen LogP contribution in [0.4, 0.5) is 17.6 Å². The van der Waals surface area contributed by atoms with Gasteiger partial charge in [-0.2, -0.15) is 13.2 Å². The van der Waals surface area contributed by atoms with E-state index in [2.05, 4.69) is 5.16 Å². The van der Waals surface area contributed by atoms with Crippen LogP contribution in [0.15, 0.2) is 77.3 Å². The Morgan fingerprint density at radius 2 is 1.65 bits per heavy atom. The van der Waals surface area contributed by atoms with Crippen molar-refractivity contribution in [2.75, 3.05) is 0 Å². The number of aromatic hydroxyl groups is 1. The summed E-state index contributed by atoms with van der Waals surface area (Å²) in [6.45, 7) is 0.120. The number of hydrogen-bond donors (Lipinski definition) is 1. The van der Waals surface area contributed by atoms with Crippen molar-refractivity contribution >= 4 is 0 Å². The Morgan fingerprint density at radius 1 is 0.935 bits per heavy atom. The minimum atomic E-state index is -4.74. The van der Waals surface area contributed by atoms with Crippen LogP contribution in [-0.4, -0.2) is 10.3 Å². The molecule has 4 nitrogen and oxygen atoms in total. The fraction of sp³-hybridized carbons (Fsp3) is 0.0870. The van der Waals surface area contributed by atoms with Gasteiger partial charge < -0.3 is 14.4 Å². The second kappa shape index (κ2) is 8.14. The van der Waals surface area contributed by atoms with E-state index in [-0.39, 0.29) is 46.4 Å². The van der Waals surface area contributed by atoms with Gasteiger partial charge in [-0.25, -0.2) is 4.39 Å². The molecule has 1 aromatic heterocycles. The van der Waals surface area contributed by atoms with E-state index in [1.165, 1.54) is 42.5 Å². The van der Waals surface area contributed by atoms with Crippen LogP contribution >= 0.6 is 0 Å². The van der Waals surface area contributed by atoms with Gasteiger partial charge in [-0.1, -0.05) is 47.6 Å². The first-order valence-electron chi connectivity index (χ1n) is 9.16. The molecule has 0 unspecified atom stereocenters. The number of halogens is 4. The highest BCUT2D eigenvalue weighted by Gasteiger charge is 2.40. The van der Waals surface area contributed by atoms with Crippen LogP contribution in [0.5, 0.6) is 11.5 Å². The summed E-state index contributed by atoms with van der Waals surface area (Å²) in [6.07, 6.45) is -4.74. The maximum absolute atomic E-state index is 13.5. The maximum atomic E-state index is 13.5. The summed E-state index contributed by atoms with van der Waals surface area (Å²) in [4.78, 5) is 0. The number of hydrogen-bond acceptors (Lipinski definition) is 4. The molecule has 0 saturated carbocycles. The van der Waals surface area contributed by atoms with Gasteiger partial charge in [-0.3, -0.25) is 0 Å². The number of phenolic OH excluding ortho intramolecular Hbond substituents is 1. The summed E-state index contributed by atoms with van der Waals surface area (Å²) in [5, 5.41) is 13.7. The second-order valence-electron chi connectivity index (χ2n) is 6.69. The molecule has 0 fully saturated rings. The number of nitrogens with zero attached hydrogens (tertiary/aromatic N) is 1. The fourth-order valence-corrected chi connectivity index (χ4v) is 3.08. The molecule has 0 saturated heterocycles. The van der Waals surface area contributed by atoms with E-state index in [1.807, 2.05) is 0 Å². The zero-order valence-corrected chi connectivity index (χ0v) is 15.9. The monoisotopic (exact) mass is 429 g/mol. The van der Waals surface area contributed by atoms with E-state index >= 15 is 0 Å². The average molecular weight is 429 g/mol. The van der Waals surface area contributed by atoms with Gasteiger partial charge in [-0.05, 0) is 35.4 Å². The molecule has 4 rings (SSSR count). The predicted molar refractivity (Wildman–Crippen MR) is 105 cm³/mol. The Labute approximate surface area is 174 Å². The van der Waals surface area contributed by atoms with Gasteiger partial charge in [0, 0.05) is 6.07 Å². The number of phenols is 1. The molecular weight excluding hydrogens is 414 g/mol. The van der Waals surface area contributed by atoms with Crippen LogP contribution in [0.3, 0.4) is 0 Å². The molecule has 0 spiro atoms. The van der Waals surface area contributed by atoms with Crippen LogP contribution in [0.1, 0.15) is 11.3 Å².